The van der Waals surface area contributed by atoms with Crippen molar-refractivity contribution in [2.75, 3.05) is 12.4 Å². The number of hydrogen-bond acceptors (Lipinski definition) is 3. The number of aryl methyl sites for hydroxylation is 2. The van der Waals surface area contributed by atoms with Gasteiger partial charge >= 0.3 is 0 Å². The molecular formula is C19H18ClNO3. The number of anilines is 1. The minimum absolute atomic E-state index is 0.156. The normalized spacial score (nSPS) is 10.8. The van der Waals surface area contributed by atoms with E-state index >= 15 is 0 Å². The second-order valence-corrected chi connectivity index (χ2v) is 6.20. The topological polar surface area (TPSA) is 51.5 Å². The Morgan fingerprint density at radius 1 is 1.21 bits per heavy atom. The SMILES string of the molecule is COc1ccc(Cl)cc1NC(=O)Cc1coc2cc(C)c(C)cc12. The summed E-state index contributed by atoms with van der Waals surface area (Å²) in [4.78, 5) is 12.4. The Labute approximate surface area is 145 Å². The number of halogens is 1. The number of benzene rings is 2. The molecule has 0 bridgehead atoms. The van der Waals surface area contributed by atoms with Crippen LogP contribution in [0.5, 0.6) is 5.75 Å². The van der Waals surface area contributed by atoms with E-state index in [0.29, 0.717) is 16.5 Å². The van der Waals surface area contributed by atoms with Crippen molar-refractivity contribution in [1.82, 2.24) is 0 Å². The zero-order valence-corrected chi connectivity index (χ0v) is 14.5. The summed E-state index contributed by atoms with van der Waals surface area (Å²) in [5.41, 5.74) is 4.53. The van der Waals surface area contributed by atoms with E-state index in [2.05, 4.69) is 11.4 Å². The number of carbonyl (C=O) groups is 1. The van der Waals surface area contributed by atoms with E-state index in [0.717, 1.165) is 22.1 Å². The smallest absolute Gasteiger partial charge is 0.229 e. The van der Waals surface area contributed by atoms with Crippen molar-refractivity contribution >= 4 is 34.2 Å². The summed E-state index contributed by atoms with van der Waals surface area (Å²) >= 11 is 5.99. The Hall–Kier alpha value is -2.46. The van der Waals surface area contributed by atoms with Gasteiger partial charge in [-0.25, -0.2) is 0 Å². The summed E-state index contributed by atoms with van der Waals surface area (Å²) in [7, 11) is 1.55. The van der Waals surface area contributed by atoms with Crippen LogP contribution in [0.4, 0.5) is 5.69 Å². The zero-order valence-electron chi connectivity index (χ0n) is 13.8. The number of amides is 1. The van der Waals surface area contributed by atoms with Gasteiger partial charge in [0, 0.05) is 16.0 Å². The molecule has 0 unspecified atom stereocenters. The van der Waals surface area contributed by atoms with Crippen LogP contribution in [0.3, 0.4) is 0 Å². The van der Waals surface area contributed by atoms with Crippen molar-refractivity contribution < 1.29 is 13.9 Å². The van der Waals surface area contributed by atoms with Crippen LogP contribution in [0.1, 0.15) is 16.7 Å². The monoisotopic (exact) mass is 343 g/mol. The van der Waals surface area contributed by atoms with Gasteiger partial charge in [0.1, 0.15) is 11.3 Å². The highest BCUT2D eigenvalue weighted by Crippen LogP contribution is 2.29. The molecule has 3 aromatic rings. The molecule has 5 heteroatoms. The molecule has 1 amide bonds. The van der Waals surface area contributed by atoms with Crippen LogP contribution in [-0.4, -0.2) is 13.0 Å². The predicted molar refractivity (Wildman–Crippen MR) is 96.0 cm³/mol. The molecule has 1 N–H and O–H groups in total. The van der Waals surface area contributed by atoms with E-state index in [4.69, 9.17) is 20.8 Å². The fourth-order valence-corrected chi connectivity index (χ4v) is 2.79. The standard InChI is InChI=1S/C19H18ClNO3/c1-11-6-15-13(10-24-18(15)7-12(11)2)8-19(22)21-16-9-14(20)4-5-17(16)23-3/h4-7,9-10H,8H2,1-3H3,(H,21,22). The van der Waals surface area contributed by atoms with Crippen LogP contribution in [0, 0.1) is 13.8 Å². The lowest BCUT2D eigenvalue weighted by Gasteiger charge is -2.10. The van der Waals surface area contributed by atoms with Crippen LogP contribution in [0.2, 0.25) is 5.02 Å². The van der Waals surface area contributed by atoms with Crippen molar-refractivity contribution in [3.8, 4) is 5.75 Å². The van der Waals surface area contributed by atoms with Gasteiger partial charge in [-0.2, -0.15) is 0 Å². The Balaban J connectivity index is 1.83. The molecule has 0 aliphatic rings. The zero-order chi connectivity index (χ0) is 17.3. The molecule has 0 aliphatic carbocycles. The first-order valence-electron chi connectivity index (χ1n) is 7.58. The van der Waals surface area contributed by atoms with Gasteiger partial charge in [0.05, 0.1) is 25.5 Å². The highest BCUT2D eigenvalue weighted by molar-refractivity contribution is 6.31. The summed E-state index contributed by atoms with van der Waals surface area (Å²) in [5, 5.41) is 4.34. The molecule has 1 heterocycles. The molecule has 0 atom stereocenters. The number of furan rings is 1. The quantitative estimate of drug-likeness (QED) is 0.733. The number of ether oxygens (including phenoxy) is 1. The first-order chi connectivity index (χ1) is 11.5. The second kappa shape index (κ2) is 6.57. The molecular weight excluding hydrogens is 326 g/mol. The van der Waals surface area contributed by atoms with Crippen LogP contribution in [-0.2, 0) is 11.2 Å². The summed E-state index contributed by atoms with van der Waals surface area (Å²) in [6, 6.07) is 9.14. The third-order valence-electron chi connectivity index (χ3n) is 4.06. The lowest BCUT2D eigenvalue weighted by atomic mass is 10.0. The molecule has 124 valence electrons. The fraction of sp³-hybridized carbons (Fsp3) is 0.211. The van der Waals surface area contributed by atoms with Crippen LogP contribution >= 0.6 is 11.6 Å². The first-order valence-corrected chi connectivity index (χ1v) is 7.96. The van der Waals surface area contributed by atoms with Gasteiger partial charge in [-0.1, -0.05) is 11.6 Å². The highest BCUT2D eigenvalue weighted by atomic mass is 35.5. The van der Waals surface area contributed by atoms with Crippen molar-refractivity contribution in [3.05, 3.63) is 58.3 Å². The van der Waals surface area contributed by atoms with E-state index < -0.39 is 0 Å². The van der Waals surface area contributed by atoms with Crippen molar-refractivity contribution in [2.45, 2.75) is 20.3 Å². The van der Waals surface area contributed by atoms with Gasteiger partial charge in [-0.05, 0) is 55.3 Å². The molecule has 0 spiro atoms. The summed E-state index contributed by atoms with van der Waals surface area (Å²) in [5.74, 6) is 0.410. The second-order valence-electron chi connectivity index (χ2n) is 5.76. The molecule has 2 aromatic carbocycles. The Morgan fingerprint density at radius 3 is 2.71 bits per heavy atom. The fourth-order valence-electron chi connectivity index (χ4n) is 2.62. The Kier molecular flexibility index (Phi) is 4.49. The minimum atomic E-state index is -0.156. The maximum atomic E-state index is 12.4. The van der Waals surface area contributed by atoms with E-state index in [1.165, 1.54) is 5.56 Å². The number of rotatable bonds is 4. The summed E-state index contributed by atoms with van der Waals surface area (Å²) in [6.07, 6.45) is 1.85. The summed E-state index contributed by atoms with van der Waals surface area (Å²) in [6.45, 7) is 4.08. The van der Waals surface area contributed by atoms with E-state index in [9.17, 15) is 4.79 Å². The van der Waals surface area contributed by atoms with Crippen molar-refractivity contribution in [1.29, 1.82) is 0 Å². The minimum Gasteiger partial charge on any atom is -0.495 e. The van der Waals surface area contributed by atoms with Crippen molar-refractivity contribution in [3.63, 3.8) is 0 Å². The van der Waals surface area contributed by atoms with E-state index in [1.54, 1.807) is 31.6 Å². The maximum Gasteiger partial charge on any atom is 0.229 e. The molecule has 0 fully saturated rings. The van der Waals surface area contributed by atoms with Gasteiger partial charge in [0.25, 0.3) is 0 Å². The highest BCUT2D eigenvalue weighted by Gasteiger charge is 2.13. The van der Waals surface area contributed by atoms with Gasteiger partial charge in [0.15, 0.2) is 0 Å². The average Bonchev–Trinajstić information content (AvgIpc) is 2.90. The molecule has 24 heavy (non-hydrogen) atoms. The predicted octanol–water partition coefficient (Wildman–Crippen LogP) is 4.89. The van der Waals surface area contributed by atoms with Gasteiger partial charge in [-0.15, -0.1) is 0 Å². The number of carbonyl (C=O) groups excluding carboxylic acids is 1. The molecule has 0 saturated heterocycles. The molecule has 3 rings (SSSR count). The first kappa shape index (κ1) is 16.4. The third-order valence-corrected chi connectivity index (χ3v) is 4.29. The van der Waals surface area contributed by atoms with Crippen LogP contribution in [0.25, 0.3) is 11.0 Å². The molecule has 4 nitrogen and oxygen atoms in total. The molecule has 1 aromatic heterocycles. The lowest BCUT2D eigenvalue weighted by Crippen LogP contribution is -2.14. The van der Waals surface area contributed by atoms with E-state index in [1.807, 2.05) is 19.9 Å². The van der Waals surface area contributed by atoms with Crippen LogP contribution in [0.15, 0.2) is 41.0 Å². The number of hydrogen-bond donors (Lipinski definition) is 1. The van der Waals surface area contributed by atoms with Crippen LogP contribution < -0.4 is 10.1 Å². The summed E-state index contributed by atoms with van der Waals surface area (Å²) < 4.78 is 10.8. The molecule has 0 saturated carbocycles. The van der Waals surface area contributed by atoms with E-state index in [-0.39, 0.29) is 12.3 Å². The Morgan fingerprint density at radius 2 is 1.96 bits per heavy atom. The maximum absolute atomic E-state index is 12.4. The molecule has 0 aliphatic heterocycles. The number of methoxy groups -OCH3 is 1. The largest absolute Gasteiger partial charge is 0.495 e. The van der Waals surface area contributed by atoms with Gasteiger partial charge < -0.3 is 14.5 Å². The lowest BCUT2D eigenvalue weighted by molar-refractivity contribution is -0.115. The molecule has 0 radical (unpaired) electrons. The van der Waals surface area contributed by atoms with Gasteiger partial charge in [-0.3, -0.25) is 4.79 Å². The third kappa shape index (κ3) is 3.24. The average molecular weight is 344 g/mol. The number of nitrogens with one attached hydrogen (secondary N) is 1. The van der Waals surface area contributed by atoms with Crippen molar-refractivity contribution in [2.24, 2.45) is 0 Å². The Bertz CT molecular complexity index is 914. The number of fused-ring (bicyclic) bond motifs is 1. The van der Waals surface area contributed by atoms with Gasteiger partial charge in [0.2, 0.25) is 5.91 Å².